The number of hydrogen-bond donors (Lipinski definition) is 0. The minimum atomic E-state index is -3.87. The second kappa shape index (κ2) is 9.07. The smallest absolute Gasteiger partial charge is 0.216 e. The van der Waals surface area contributed by atoms with Crippen LogP contribution in [0.2, 0.25) is 0 Å². The van der Waals surface area contributed by atoms with Crippen LogP contribution in [0.4, 0.5) is 0 Å². The van der Waals surface area contributed by atoms with E-state index in [1.807, 2.05) is 13.8 Å². The summed E-state index contributed by atoms with van der Waals surface area (Å²) < 4.78 is 36.5. The number of nitrogens with zero attached hydrogens (tertiary/aromatic N) is 1. The molecule has 26 heavy (non-hydrogen) atoms. The van der Waals surface area contributed by atoms with E-state index in [0.29, 0.717) is 30.3 Å². The van der Waals surface area contributed by atoms with Gasteiger partial charge in [-0.15, -0.1) is 0 Å². The third kappa shape index (κ3) is 4.64. The van der Waals surface area contributed by atoms with Gasteiger partial charge in [0, 0.05) is 0 Å². The number of hydrogen-bond acceptors (Lipinski definition) is 5. The van der Waals surface area contributed by atoms with E-state index in [1.165, 1.54) is 18.2 Å². The van der Waals surface area contributed by atoms with Crippen LogP contribution < -0.4 is 9.47 Å². The van der Waals surface area contributed by atoms with Crippen molar-refractivity contribution in [2.75, 3.05) is 13.2 Å². The van der Waals surface area contributed by atoms with Gasteiger partial charge in [0.15, 0.2) is 11.5 Å². The van der Waals surface area contributed by atoms with E-state index >= 15 is 0 Å². The average molecular weight is 371 g/mol. The fraction of sp³-hybridized carbons (Fsp3) is 0.250. The zero-order chi connectivity index (χ0) is 19.0. The Balaban J connectivity index is 2.43. The molecule has 0 aliphatic carbocycles. The normalized spacial score (nSPS) is 11.7. The van der Waals surface area contributed by atoms with Gasteiger partial charge in [-0.1, -0.05) is 31.2 Å². The van der Waals surface area contributed by atoms with Crippen LogP contribution in [0.3, 0.4) is 0 Å². The first-order valence-corrected chi connectivity index (χ1v) is 9.82. The molecule has 0 saturated carbocycles. The van der Waals surface area contributed by atoms with Gasteiger partial charge in [-0.05, 0) is 49.2 Å². The van der Waals surface area contributed by atoms with E-state index in [-0.39, 0.29) is 9.80 Å². The van der Waals surface area contributed by atoms with E-state index in [1.54, 1.807) is 42.5 Å². The second-order valence-electron chi connectivity index (χ2n) is 5.42. The van der Waals surface area contributed by atoms with Gasteiger partial charge < -0.3 is 9.47 Å². The summed E-state index contributed by atoms with van der Waals surface area (Å²) >= 11 is 0. The zero-order valence-electron chi connectivity index (χ0n) is 14.8. The Morgan fingerprint density at radius 1 is 1.08 bits per heavy atom. The predicted octanol–water partition coefficient (Wildman–Crippen LogP) is 4.21. The molecule has 0 fully saturated rings. The van der Waals surface area contributed by atoms with Crippen LogP contribution in [-0.2, 0) is 9.84 Å². The first kappa shape index (κ1) is 19.5. The Bertz CT molecular complexity index is 913. The highest BCUT2D eigenvalue weighted by Crippen LogP contribution is 2.30. The van der Waals surface area contributed by atoms with Crippen LogP contribution in [0.25, 0.3) is 6.08 Å². The maximum absolute atomic E-state index is 12.6. The summed E-state index contributed by atoms with van der Waals surface area (Å²) in [6, 6.07) is 14.8. The highest BCUT2D eigenvalue weighted by Gasteiger charge is 2.20. The molecular weight excluding hydrogens is 350 g/mol. The summed E-state index contributed by atoms with van der Waals surface area (Å²) in [6.45, 7) is 4.86. The molecule has 0 amide bonds. The summed E-state index contributed by atoms with van der Waals surface area (Å²) in [5.74, 6) is 1.11. The molecule has 2 rings (SSSR count). The van der Waals surface area contributed by atoms with Crippen LogP contribution >= 0.6 is 0 Å². The summed E-state index contributed by atoms with van der Waals surface area (Å²) in [6.07, 6.45) is 2.20. The van der Waals surface area contributed by atoms with E-state index in [0.717, 1.165) is 6.42 Å². The maximum Gasteiger partial charge on any atom is 0.216 e. The minimum absolute atomic E-state index is 0.0840. The molecular formula is C20H21NO4S. The van der Waals surface area contributed by atoms with Crippen molar-refractivity contribution in [3.8, 4) is 17.6 Å². The van der Waals surface area contributed by atoms with Crippen LogP contribution in [0.15, 0.2) is 58.3 Å². The number of rotatable bonds is 8. The van der Waals surface area contributed by atoms with Crippen molar-refractivity contribution in [3.63, 3.8) is 0 Å². The molecule has 0 bridgehead atoms. The first-order valence-electron chi connectivity index (χ1n) is 8.34. The fourth-order valence-electron chi connectivity index (χ4n) is 2.26. The molecule has 0 aliphatic rings. The van der Waals surface area contributed by atoms with Crippen LogP contribution in [0, 0.1) is 11.3 Å². The van der Waals surface area contributed by atoms with Crippen molar-refractivity contribution < 1.29 is 17.9 Å². The molecule has 0 heterocycles. The number of allylic oxidation sites excluding steroid dienone is 1. The predicted molar refractivity (Wildman–Crippen MR) is 101 cm³/mol. The van der Waals surface area contributed by atoms with E-state index < -0.39 is 9.84 Å². The molecule has 0 N–H and O–H groups in total. The van der Waals surface area contributed by atoms with Gasteiger partial charge in [0.05, 0.1) is 18.1 Å². The Hall–Kier alpha value is -2.78. The molecule has 0 atom stereocenters. The van der Waals surface area contributed by atoms with Crippen LogP contribution in [0.1, 0.15) is 25.8 Å². The van der Waals surface area contributed by atoms with Gasteiger partial charge in [-0.2, -0.15) is 5.26 Å². The molecule has 0 radical (unpaired) electrons. The number of ether oxygens (including phenoxy) is 2. The third-order valence-electron chi connectivity index (χ3n) is 3.48. The molecule has 6 heteroatoms. The summed E-state index contributed by atoms with van der Waals surface area (Å²) in [4.78, 5) is -0.242. The minimum Gasteiger partial charge on any atom is -0.490 e. The highest BCUT2D eigenvalue weighted by molar-refractivity contribution is 7.95. The summed E-state index contributed by atoms with van der Waals surface area (Å²) in [5.41, 5.74) is 0.549. The van der Waals surface area contributed by atoms with Crippen LogP contribution in [0.5, 0.6) is 11.5 Å². The van der Waals surface area contributed by atoms with Crippen molar-refractivity contribution >= 4 is 15.9 Å². The van der Waals surface area contributed by atoms with Gasteiger partial charge in [-0.3, -0.25) is 0 Å². The van der Waals surface area contributed by atoms with Crippen LogP contribution in [-0.4, -0.2) is 21.6 Å². The fourth-order valence-corrected chi connectivity index (χ4v) is 3.44. The molecule has 2 aromatic carbocycles. The number of nitriles is 1. The monoisotopic (exact) mass is 371 g/mol. The third-order valence-corrected chi connectivity index (χ3v) is 5.16. The Morgan fingerprint density at radius 2 is 1.81 bits per heavy atom. The van der Waals surface area contributed by atoms with Gasteiger partial charge in [0.2, 0.25) is 9.84 Å². The first-order chi connectivity index (χ1) is 12.5. The van der Waals surface area contributed by atoms with Crippen molar-refractivity contribution in [1.29, 1.82) is 5.26 Å². The van der Waals surface area contributed by atoms with Crippen molar-refractivity contribution in [2.24, 2.45) is 0 Å². The zero-order valence-corrected chi connectivity index (χ0v) is 15.6. The SMILES string of the molecule is CCCOc1ccc(/C=C(/C#N)S(=O)(=O)c2ccccc2)cc1OCC. The van der Waals surface area contributed by atoms with E-state index in [9.17, 15) is 13.7 Å². The molecule has 0 unspecified atom stereocenters. The molecule has 2 aromatic rings. The second-order valence-corrected chi connectivity index (χ2v) is 7.34. The lowest BCUT2D eigenvalue weighted by atomic mass is 10.2. The van der Waals surface area contributed by atoms with Crippen molar-refractivity contribution in [3.05, 3.63) is 59.0 Å². The molecule has 5 nitrogen and oxygen atoms in total. The molecule has 136 valence electrons. The summed E-state index contributed by atoms with van der Waals surface area (Å²) in [7, 11) is -3.87. The molecule has 0 aromatic heterocycles. The maximum atomic E-state index is 12.6. The molecule has 0 saturated heterocycles. The highest BCUT2D eigenvalue weighted by atomic mass is 32.2. The quantitative estimate of drug-likeness (QED) is 0.650. The van der Waals surface area contributed by atoms with Gasteiger partial charge in [0.1, 0.15) is 11.0 Å². The largest absolute Gasteiger partial charge is 0.490 e. The van der Waals surface area contributed by atoms with Crippen molar-refractivity contribution in [2.45, 2.75) is 25.2 Å². The lowest BCUT2D eigenvalue weighted by Crippen LogP contribution is -2.03. The Kier molecular flexibility index (Phi) is 6.81. The lowest BCUT2D eigenvalue weighted by molar-refractivity contribution is 0.277. The van der Waals surface area contributed by atoms with E-state index in [4.69, 9.17) is 9.47 Å². The number of benzene rings is 2. The van der Waals surface area contributed by atoms with E-state index in [2.05, 4.69) is 0 Å². The standard InChI is InChI=1S/C20H21NO4S/c1-3-12-25-19-11-10-16(14-20(19)24-4-2)13-18(15-21)26(22,23)17-8-6-5-7-9-17/h5-11,13-14H,3-4,12H2,1-2H3/b18-13-. The Labute approximate surface area is 154 Å². The molecule has 0 spiro atoms. The van der Waals surface area contributed by atoms with Gasteiger partial charge >= 0.3 is 0 Å². The topological polar surface area (TPSA) is 76.4 Å². The number of sulfone groups is 1. The van der Waals surface area contributed by atoms with Crippen molar-refractivity contribution in [1.82, 2.24) is 0 Å². The lowest BCUT2D eigenvalue weighted by Gasteiger charge is -2.12. The average Bonchev–Trinajstić information content (AvgIpc) is 2.66. The Morgan fingerprint density at radius 3 is 2.42 bits per heavy atom. The molecule has 0 aliphatic heterocycles. The van der Waals surface area contributed by atoms with Gasteiger partial charge in [-0.25, -0.2) is 8.42 Å². The van der Waals surface area contributed by atoms with Gasteiger partial charge in [0.25, 0.3) is 0 Å². The summed E-state index contributed by atoms with van der Waals surface area (Å²) in [5, 5.41) is 9.37.